The molecule has 7 nitrogen and oxygen atoms in total. The maximum absolute atomic E-state index is 11.7. The fourth-order valence-electron chi connectivity index (χ4n) is 3.51. The number of sulfone groups is 1. The molecule has 138 valence electrons. The van der Waals surface area contributed by atoms with E-state index in [2.05, 4.69) is 25.8 Å². The smallest absolute Gasteiger partial charge is 0.191 e. The lowest BCUT2D eigenvalue weighted by atomic mass is 10.1. The highest BCUT2D eigenvalue weighted by atomic mass is 32.2. The zero-order chi connectivity index (χ0) is 18.3. The minimum Gasteiger partial charge on any atom is -0.327 e. The van der Waals surface area contributed by atoms with Gasteiger partial charge >= 0.3 is 0 Å². The summed E-state index contributed by atoms with van der Waals surface area (Å²) in [6, 6.07) is 8.13. The van der Waals surface area contributed by atoms with Crippen LogP contribution in [0.2, 0.25) is 0 Å². The molecule has 0 unspecified atom stereocenters. The lowest BCUT2D eigenvalue weighted by Gasteiger charge is -2.09. The molecule has 0 amide bonds. The van der Waals surface area contributed by atoms with Crippen molar-refractivity contribution in [3.05, 3.63) is 35.9 Å². The minimum absolute atomic E-state index is 0.0355. The summed E-state index contributed by atoms with van der Waals surface area (Å²) in [4.78, 5) is 4.59. The number of hydrogen-bond donors (Lipinski definition) is 0. The fraction of sp³-hybridized carbons (Fsp3) is 0.471. The molecule has 0 saturated carbocycles. The number of hydrogen-bond acceptors (Lipinski definition) is 6. The zero-order valence-electron chi connectivity index (χ0n) is 14.8. The van der Waals surface area contributed by atoms with Crippen molar-refractivity contribution in [3.63, 3.8) is 0 Å². The molecule has 0 bridgehead atoms. The van der Waals surface area contributed by atoms with Crippen LogP contribution in [0.3, 0.4) is 0 Å². The number of aryl methyl sites for hydroxylation is 2. The first kappa shape index (κ1) is 17.5. The number of fused-ring (bicyclic) bond motifs is 1. The highest BCUT2D eigenvalue weighted by Gasteiger charge is 2.32. The van der Waals surface area contributed by atoms with Crippen LogP contribution in [0.5, 0.6) is 0 Å². The summed E-state index contributed by atoms with van der Waals surface area (Å²) >= 11 is 1.63. The van der Waals surface area contributed by atoms with E-state index < -0.39 is 9.84 Å². The van der Waals surface area contributed by atoms with E-state index in [1.165, 1.54) is 0 Å². The molecular formula is C17H21N5O2S2. The van der Waals surface area contributed by atoms with Gasteiger partial charge in [0.1, 0.15) is 11.6 Å². The van der Waals surface area contributed by atoms with Crippen molar-refractivity contribution in [1.82, 2.24) is 24.3 Å². The Hall–Kier alpha value is -1.87. The second-order valence-corrected chi connectivity index (χ2v) is 9.94. The normalized spacial score (nSPS) is 19.4. The van der Waals surface area contributed by atoms with E-state index in [1.807, 2.05) is 36.7 Å². The van der Waals surface area contributed by atoms with Crippen molar-refractivity contribution >= 4 is 32.6 Å². The predicted molar refractivity (Wildman–Crippen MR) is 102 cm³/mol. The maximum atomic E-state index is 11.7. The number of aromatic nitrogens is 5. The van der Waals surface area contributed by atoms with Crippen molar-refractivity contribution in [2.24, 2.45) is 7.05 Å². The van der Waals surface area contributed by atoms with Crippen molar-refractivity contribution in [3.8, 4) is 0 Å². The third-order valence-corrected chi connectivity index (χ3v) is 7.63. The van der Waals surface area contributed by atoms with Crippen molar-refractivity contribution in [2.75, 3.05) is 17.3 Å². The van der Waals surface area contributed by atoms with Crippen LogP contribution in [0.4, 0.5) is 0 Å². The average Bonchev–Trinajstić information content (AvgIpc) is 3.24. The Morgan fingerprint density at radius 1 is 1.27 bits per heavy atom. The third kappa shape index (κ3) is 3.25. The van der Waals surface area contributed by atoms with Gasteiger partial charge in [0.05, 0.1) is 22.5 Å². The van der Waals surface area contributed by atoms with Crippen LogP contribution in [0.1, 0.15) is 24.0 Å². The Bertz CT molecular complexity index is 1050. The first-order valence-corrected chi connectivity index (χ1v) is 11.4. The molecule has 26 heavy (non-hydrogen) atoms. The van der Waals surface area contributed by atoms with Gasteiger partial charge in [0.15, 0.2) is 15.0 Å². The molecule has 3 heterocycles. The highest BCUT2D eigenvalue weighted by Crippen LogP contribution is 2.29. The number of para-hydroxylation sites is 2. The number of nitrogens with zero attached hydrogens (tertiary/aromatic N) is 5. The fourth-order valence-corrected chi connectivity index (χ4v) is 6.09. The van der Waals surface area contributed by atoms with E-state index in [-0.39, 0.29) is 17.4 Å². The topological polar surface area (TPSA) is 82.7 Å². The summed E-state index contributed by atoms with van der Waals surface area (Å²) < 4.78 is 27.6. The first-order valence-electron chi connectivity index (χ1n) is 8.59. The molecule has 1 saturated heterocycles. The van der Waals surface area contributed by atoms with Crippen LogP contribution >= 0.6 is 11.8 Å². The average molecular weight is 392 g/mol. The van der Waals surface area contributed by atoms with Crippen molar-refractivity contribution in [1.29, 1.82) is 0 Å². The van der Waals surface area contributed by atoms with Crippen LogP contribution in [0.15, 0.2) is 29.4 Å². The highest BCUT2D eigenvalue weighted by molar-refractivity contribution is 7.99. The van der Waals surface area contributed by atoms with Crippen LogP contribution in [-0.2, 0) is 23.4 Å². The zero-order valence-corrected chi connectivity index (χ0v) is 16.4. The van der Waals surface area contributed by atoms with E-state index in [1.54, 1.807) is 11.8 Å². The van der Waals surface area contributed by atoms with Gasteiger partial charge in [0, 0.05) is 25.3 Å². The number of benzene rings is 1. The van der Waals surface area contributed by atoms with Gasteiger partial charge in [-0.1, -0.05) is 23.9 Å². The summed E-state index contributed by atoms with van der Waals surface area (Å²) in [7, 11) is -1.00. The van der Waals surface area contributed by atoms with Gasteiger partial charge in [0.25, 0.3) is 0 Å². The van der Waals surface area contributed by atoms with Crippen LogP contribution in [-0.4, -0.2) is 50.0 Å². The van der Waals surface area contributed by atoms with Gasteiger partial charge in [-0.15, -0.1) is 10.2 Å². The van der Waals surface area contributed by atoms with Gasteiger partial charge in [-0.25, -0.2) is 13.4 Å². The Morgan fingerprint density at radius 3 is 2.85 bits per heavy atom. The van der Waals surface area contributed by atoms with E-state index in [4.69, 9.17) is 0 Å². The number of imidazole rings is 1. The van der Waals surface area contributed by atoms with Gasteiger partial charge in [-0.3, -0.25) is 0 Å². The molecule has 9 heteroatoms. The molecule has 0 radical (unpaired) electrons. The largest absolute Gasteiger partial charge is 0.327 e. The standard InChI is InChI=1S/C17H21N5O2S2/c1-12-18-14-5-3-4-6-15(14)22(12)8-9-25-17-20-19-16(21(17)2)13-7-10-26(23,24)11-13/h3-6,13H,7-11H2,1-2H3/t13-/m1/s1. The monoisotopic (exact) mass is 391 g/mol. The lowest BCUT2D eigenvalue weighted by Crippen LogP contribution is -2.09. The van der Waals surface area contributed by atoms with Crippen molar-refractivity contribution < 1.29 is 8.42 Å². The van der Waals surface area contributed by atoms with E-state index >= 15 is 0 Å². The molecule has 3 aromatic rings. The Morgan fingerprint density at radius 2 is 2.08 bits per heavy atom. The first-order chi connectivity index (χ1) is 12.4. The van der Waals surface area contributed by atoms with E-state index in [0.717, 1.165) is 40.1 Å². The van der Waals surface area contributed by atoms with Gasteiger partial charge in [-0.05, 0) is 25.5 Å². The van der Waals surface area contributed by atoms with Crippen LogP contribution < -0.4 is 0 Å². The predicted octanol–water partition coefficient (Wildman–Crippen LogP) is 2.17. The van der Waals surface area contributed by atoms with Gasteiger partial charge in [0.2, 0.25) is 0 Å². The Labute approximate surface area is 156 Å². The second kappa shape index (κ2) is 6.70. The number of thioether (sulfide) groups is 1. The Kier molecular flexibility index (Phi) is 4.52. The maximum Gasteiger partial charge on any atom is 0.191 e. The third-order valence-electron chi connectivity index (χ3n) is 4.86. The molecule has 1 atom stereocenters. The summed E-state index contributed by atoms with van der Waals surface area (Å²) in [5.41, 5.74) is 2.15. The van der Waals surface area contributed by atoms with E-state index in [9.17, 15) is 8.42 Å². The molecular weight excluding hydrogens is 370 g/mol. The van der Waals surface area contributed by atoms with Crippen LogP contribution in [0.25, 0.3) is 11.0 Å². The second-order valence-electron chi connectivity index (χ2n) is 6.65. The lowest BCUT2D eigenvalue weighted by molar-refractivity contribution is 0.599. The van der Waals surface area contributed by atoms with Crippen LogP contribution in [0, 0.1) is 6.92 Å². The molecule has 0 N–H and O–H groups in total. The van der Waals surface area contributed by atoms with Gasteiger partial charge < -0.3 is 9.13 Å². The molecule has 0 aliphatic carbocycles. The molecule has 1 fully saturated rings. The minimum atomic E-state index is -2.92. The molecule has 4 rings (SSSR count). The summed E-state index contributed by atoms with van der Waals surface area (Å²) in [5.74, 6) is 3.02. The van der Waals surface area contributed by atoms with Gasteiger partial charge in [-0.2, -0.15) is 0 Å². The molecule has 0 spiro atoms. The van der Waals surface area contributed by atoms with E-state index in [0.29, 0.717) is 6.42 Å². The molecule has 2 aromatic heterocycles. The Balaban J connectivity index is 1.45. The molecule has 1 aromatic carbocycles. The summed E-state index contributed by atoms with van der Waals surface area (Å²) in [6.45, 7) is 2.85. The summed E-state index contributed by atoms with van der Waals surface area (Å²) in [5, 5.41) is 9.35. The number of rotatable bonds is 5. The molecule has 1 aliphatic heterocycles. The summed E-state index contributed by atoms with van der Waals surface area (Å²) in [6.07, 6.45) is 0.638. The van der Waals surface area contributed by atoms with Crippen molar-refractivity contribution in [2.45, 2.75) is 31.0 Å². The molecule has 1 aliphatic rings. The quantitative estimate of drug-likeness (QED) is 0.620. The SMILES string of the molecule is Cc1nc2ccccc2n1CCSc1nnc([C@@H]2CCS(=O)(=O)C2)n1C.